The average Bonchev–Trinajstić information content (AvgIpc) is 2.38. The van der Waals surface area contributed by atoms with Crippen molar-refractivity contribution in [3.63, 3.8) is 0 Å². The largest absolute Gasteiger partial charge is 0.374 e. The van der Waals surface area contributed by atoms with Gasteiger partial charge in [-0.25, -0.2) is 0 Å². The van der Waals surface area contributed by atoms with Crippen molar-refractivity contribution in [2.45, 2.75) is 59.2 Å². The summed E-state index contributed by atoms with van der Waals surface area (Å²) in [5, 5.41) is 8.85. The molecule has 0 unspecified atom stereocenters. The second kappa shape index (κ2) is 5.75. The van der Waals surface area contributed by atoms with Gasteiger partial charge < -0.3 is 4.74 Å². The van der Waals surface area contributed by atoms with Crippen molar-refractivity contribution in [3.05, 3.63) is 34.9 Å². The summed E-state index contributed by atoms with van der Waals surface area (Å²) in [6, 6.07) is 7.99. The second-order valence-electron chi connectivity index (χ2n) is 6.43. The molecule has 0 saturated heterocycles. The Hall–Kier alpha value is -1.33. The lowest BCUT2D eigenvalue weighted by Gasteiger charge is -2.34. The van der Waals surface area contributed by atoms with Gasteiger partial charge in [-0.1, -0.05) is 19.9 Å². The number of hydrogen-bond donors (Lipinski definition) is 0. The van der Waals surface area contributed by atoms with Gasteiger partial charge in [0.15, 0.2) is 0 Å². The Morgan fingerprint density at radius 2 is 2.00 bits per heavy atom. The van der Waals surface area contributed by atoms with Gasteiger partial charge in [0.1, 0.15) is 0 Å². The SMILES string of the molecule is Cc1cc(C#N)ccc1COC1CCC(C)(C)CC1. The van der Waals surface area contributed by atoms with Gasteiger partial charge in [-0.3, -0.25) is 0 Å². The van der Waals surface area contributed by atoms with Crippen LogP contribution in [0.5, 0.6) is 0 Å². The molecule has 0 N–H and O–H groups in total. The highest BCUT2D eigenvalue weighted by molar-refractivity contribution is 5.37. The molecule has 1 aromatic carbocycles. The van der Waals surface area contributed by atoms with Gasteiger partial charge >= 0.3 is 0 Å². The molecule has 1 aromatic rings. The fourth-order valence-electron chi connectivity index (χ4n) is 2.67. The molecule has 0 aromatic heterocycles. The molecule has 0 aliphatic heterocycles. The Labute approximate surface area is 116 Å². The Morgan fingerprint density at radius 3 is 2.58 bits per heavy atom. The number of rotatable bonds is 3. The lowest BCUT2D eigenvalue weighted by atomic mass is 9.76. The summed E-state index contributed by atoms with van der Waals surface area (Å²) < 4.78 is 6.03. The van der Waals surface area contributed by atoms with E-state index >= 15 is 0 Å². The Morgan fingerprint density at radius 1 is 1.32 bits per heavy atom. The van der Waals surface area contributed by atoms with Gasteiger partial charge in [0.05, 0.1) is 24.3 Å². The zero-order valence-corrected chi connectivity index (χ0v) is 12.2. The minimum atomic E-state index is 0.406. The highest BCUT2D eigenvalue weighted by atomic mass is 16.5. The van der Waals surface area contributed by atoms with Crippen LogP contribution in [0, 0.1) is 23.7 Å². The summed E-state index contributed by atoms with van der Waals surface area (Å²) in [5.74, 6) is 0. The number of hydrogen-bond acceptors (Lipinski definition) is 2. The molecule has 0 heterocycles. The molecule has 2 heteroatoms. The maximum atomic E-state index is 8.85. The van der Waals surface area contributed by atoms with Crippen molar-refractivity contribution in [1.29, 1.82) is 5.26 Å². The van der Waals surface area contributed by atoms with E-state index in [1.807, 2.05) is 25.1 Å². The second-order valence-corrected chi connectivity index (χ2v) is 6.43. The van der Waals surface area contributed by atoms with Crippen molar-refractivity contribution < 1.29 is 4.74 Å². The summed E-state index contributed by atoms with van der Waals surface area (Å²) in [7, 11) is 0. The Balaban J connectivity index is 1.88. The van der Waals surface area contributed by atoms with Crippen LogP contribution in [-0.4, -0.2) is 6.10 Å². The van der Waals surface area contributed by atoms with E-state index in [4.69, 9.17) is 10.00 Å². The maximum Gasteiger partial charge on any atom is 0.0991 e. The van der Waals surface area contributed by atoms with Gasteiger partial charge in [0, 0.05) is 0 Å². The van der Waals surface area contributed by atoms with Crippen LogP contribution in [0.15, 0.2) is 18.2 Å². The van der Waals surface area contributed by atoms with E-state index in [0.29, 0.717) is 18.1 Å². The summed E-state index contributed by atoms with van der Waals surface area (Å²) in [5.41, 5.74) is 3.56. The van der Waals surface area contributed by atoms with E-state index in [1.54, 1.807) is 0 Å². The van der Waals surface area contributed by atoms with E-state index in [-0.39, 0.29) is 0 Å². The van der Waals surface area contributed by atoms with Crippen molar-refractivity contribution in [2.24, 2.45) is 5.41 Å². The summed E-state index contributed by atoms with van der Waals surface area (Å²) >= 11 is 0. The zero-order valence-electron chi connectivity index (χ0n) is 12.2. The molecule has 0 atom stereocenters. The lowest BCUT2D eigenvalue weighted by molar-refractivity contribution is -0.00576. The van der Waals surface area contributed by atoms with E-state index in [9.17, 15) is 0 Å². The standard InChI is InChI=1S/C17H23NO/c1-13-10-14(11-18)4-5-15(13)12-19-16-6-8-17(2,3)9-7-16/h4-5,10,16H,6-9,12H2,1-3H3. The molecule has 1 fully saturated rings. The van der Waals surface area contributed by atoms with Crippen LogP contribution in [0.2, 0.25) is 0 Å². The number of nitriles is 1. The zero-order chi connectivity index (χ0) is 13.9. The van der Waals surface area contributed by atoms with Gasteiger partial charge in [0.25, 0.3) is 0 Å². The first-order chi connectivity index (χ1) is 9.00. The molecule has 2 nitrogen and oxygen atoms in total. The third kappa shape index (κ3) is 3.81. The minimum Gasteiger partial charge on any atom is -0.374 e. The first-order valence-electron chi connectivity index (χ1n) is 7.11. The molecular weight excluding hydrogens is 234 g/mol. The van der Waals surface area contributed by atoms with Crippen LogP contribution < -0.4 is 0 Å². The molecule has 0 amide bonds. The van der Waals surface area contributed by atoms with Gasteiger partial charge in [0.2, 0.25) is 0 Å². The molecule has 19 heavy (non-hydrogen) atoms. The van der Waals surface area contributed by atoms with Gasteiger partial charge in [-0.15, -0.1) is 0 Å². The van der Waals surface area contributed by atoms with Gasteiger partial charge in [-0.2, -0.15) is 5.26 Å². The summed E-state index contributed by atoms with van der Waals surface area (Å²) in [6.45, 7) is 7.40. The topological polar surface area (TPSA) is 33.0 Å². The molecule has 0 spiro atoms. The molecule has 2 rings (SSSR count). The van der Waals surface area contributed by atoms with E-state index in [2.05, 4.69) is 19.9 Å². The predicted octanol–water partition coefficient (Wildman–Crippen LogP) is 4.35. The average molecular weight is 257 g/mol. The van der Waals surface area contributed by atoms with Crippen LogP contribution in [0.3, 0.4) is 0 Å². The normalized spacial score (nSPS) is 19.1. The smallest absolute Gasteiger partial charge is 0.0991 e. The molecule has 1 aliphatic carbocycles. The monoisotopic (exact) mass is 257 g/mol. The van der Waals surface area contributed by atoms with E-state index in [1.165, 1.54) is 31.2 Å². The fourth-order valence-corrected chi connectivity index (χ4v) is 2.67. The molecule has 1 saturated carbocycles. The number of aryl methyl sites for hydroxylation is 1. The first-order valence-corrected chi connectivity index (χ1v) is 7.11. The summed E-state index contributed by atoms with van der Waals surface area (Å²) in [6.07, 6.45) is 5.25. The highest BCUT2D eigenvalue weighted by Crippen LogP contribution is 2.36. The molecule has 1 aliphatic rings. The third-order valence-electron chi connectivity index (χ3n) is 4.23. The van der Waals surface area contributed by atoms with Crippen molar-refractivity contribution >= 4 is 0 Å². The van der Waals surface area contributed by atoms with E-state index < -0.39 is 0 Å². The highest BCUT2D eigenvalue weighted by Gasteiger charge is 2.27. The predicted molar refractivity (Wildman–Crippen MR) is 76.7 cm³/mol. The van der Waals surface area contributed by atoms with Crippen molar-refractivity contribution in [1.82, 2.24) is 0 Å². The third-order valence-corrected chi connectivity index (χ3v) is 4.23. The Bertz CT molecular complexity index is 475. The Kier molecular flexibility index (Phi) is 4.27. The van der Waals surface area contributed by atoms with E-state index in [0.717, 1.165) is 11.1 Å². The molecule has 0 bridgehead atoms. The van der Waals surface area contributed by atoms with Crippen LogP contribution in [-0.2, 0) is 11.3 Å². The fraction of sp³-hybridized carbons (Fsp3) is 0.588. The molecular formula is C17H23NO. The van der Waals surface area contributed by atoms with Crippen LogP contribution in [0.1, 0.15) is 56.2 Å². The van der Waals surface area contributed by atoms with Crippen LogP contribution in [0.4, 0.5) is 0 Å². The quantitative estimate of drug-likeness (QED) is 0.806. The van der Waals surface area contributed by atoms with Gasteiger partial charge in [-0.05, 0) is 61.3 Å². The maximum absolute atomic E-state index is 8.85. The first kappa shape index (κ1) is 14.1. The molecule has 102 valence electrons. The molecule has 0 radical (unpaired) electrons. The number of nitrogens with zero attached hydrogens (tertiary/aromatic N) is 1. The van der Waals surface area contributed by atoms with Crippen molar-refractivity contribution in [2.75, 3.05) is 0 Å². The summed E-state index contributed by atoms with van der Waals surface area (Å²) in [4.78, 5) is 0. The lowest BCUT2D eigenvalue weighted by Crippen LogP contribution is -2.26. The van der Waals surface area contributed by atoms with Crippen LogP contribution in [0.25, 0.3) is 0 Å². The number of benzene rings is 1. The number of ether oxygens (including phenoxy) is 1. The van der Waals surface area contributed by atoms with Crippen LogP contribution >= 0.6 is 0 Å². The minimum absolute atomic E-state index is 0.406. The van der Waals surface area contributed by atoms with Crippen molar-refractivity contribution in [3.8, 4) is 6.07 Å².